The van der Waals surface area contributed by atoms with Gasteiger partial charge in [0.15, 0.2) is 6.23 Å². The average Bonchev–Trinajstić information content (AvgIpc) is 3.24. The van der Waals surface area contributed by atoms with Gasteiger partial charge in [-0.2, -0.15) is 16.3 Å². The lowest BCUT2D eigenvalue weighted by atomic mass is 10.2. The maximum Gasteiger partial charge on any atom is 0.286 e. The van der Waals surface area contributed by atoms with Crippen LogP contribution >= 0.6 is 11.3 Å². The lowest BCUT2D eigenvalue weighted by Crippen LogP contribution is -2.25. The van der Waals surface area contributed by atoms with Crippen LogP contribution < -0.4 is 5.73 Å². The van der Waals surface area contributed by atoms with E-state index in [0.717, 1.165) is 5.56 Å². The summed E-state index contributed by atoms with van der Waals surface area (Å²) in [6.45, 7) is -0.330. The molecular weight excluding hydrogens is 320 g/mol. The lowest BCUT2D eigenvalue weighted by molar-refractivity contribution is -0.0491. The van der Waals surface area contributed by atoms with Crippen molar-refractivity contribution in [3.8, 4) is 11.8 Å². The van der Waals surface area contributed by atoms with Gasteiger partial charge >= 0.3 is 0 Å². The van der Waals surface area contributed by atoms with Gasteiger partial charge in [0.1, 0.15) is 6.10 Å². The van der Waals surface area contributed by atoms with Crippen molar-refractivity contribution in [3.63, 3.8) is 0 Å². The van der Waals surface area contributed by atoms with Crippen LogP contribution in [0.2, 0.25) is 0 Å². The molecule has 0 aromatic carbocycles. The first-order chi connectivity index (χ1) is 11.1. The Balaban J connectivity index is 1.89. The monoisotopic (exact) mass is 334 g/mol. The van der Waals surface area contributed by atoms with Crippen molar-refractivity contribution in [2.45, 2.75) is 24.9 Å². The van der Waals surface area contributed by atoms with Gasteiger partial charge in [0.05, 0.1) is 12.7 Å². The van der Waals surface area contributed by atoms with E-state index in [4.69, 9.17) is 15.6 Å². The highest BCUT2D eigenvalue weighted by Gasteiger charge is 2.37. The summed E-state index contributed by atoms with van der Waals surface area (Å²) in [6, 6.07) is 1.85. The van der Waals surface area contributed by atoms with Gasteiger partial charge in [0.2, 0.25) is 11.6 Å². The number of hydrogen-bond donors (Lipinski definition) is 3. The largest absolute Gasteiger partial charge is 0.394 e. The summed E-state index contributed by atoms with van der Waals surface area (Å²) in [5, 5.41) is 26.8. The SMILES string of the molecule is NC(=O)c1nc(C#Cc2ccsc2)nn1[C@H]1CC(O)[C@@H](CO)O1. The van der Waals surface area contributed by atoms with Gasteiger partial charge in [-0.15, -0.1) is 5.10 Å². The van der Waals surface area contributed by atoms with Crippen LogP contribution in [0.3, 0.4) is 0 Å². The highest BCUT2D eigenvalue weighted by molar-refractivity contribution is 7.08. The van der Waals surface area contributed by atoms with Gasteiger partial charge in [-0.25, -0.2) is 4.68 Å². The molecule has 3 atom stereocenters. The molecule has 1 aliphatic heterocycles. The van der Waals surface area contributed by atoms with Crippen molar-refractivity contribution >= 4 is 17.2 Å². The Hall–Kier alpha value is -2.25. The quantitative estimate of drug-likeness (QED) is 0.649. The Labute approximate surface area is 135 Å². The molecule has 120 valence electrons. The zero-order valence-electron chi connectivity index (χ0n) is 11.9. The van der Waals surface area contributed by atoms with Crippen LogP contribution in [-0.4, -0.2) is 49.7 Å². The molecule has 23 heavy (non-hydrogen) atoms. The summed E-state index contributed by atoms with van der Waals surface area (Å²) in [7, 11) is 0. The zero-order chi connectivity index (χ0) is 16.4. The van der Waals surface area contributed by atoms with Crippen molar-refractivity contribution in [1.29, 1.82) is 0 Å². The second-order valence-electron chi connectivity index (χ2n) is 4.94. The summed E-state index contributed by atoms with van der Waals surface area (Å²) >= 11 is 1.52. The van der Waals surface area contributed by atoms with Crippen LogP contribution in [0.15, 0.2) is 16.8 Å². The van der Waals surface area contributed by atoms with Crippen molar-refractivity contribution < 1.29 is 19.7 Å². The molecule has 1 amide bonds. The molecule has 9 heteroatoms. The minimum Gasteiger partial charge on any atom is -0.394 e. The first kappa shape index (κ1) is 15.6. The standard InChI is InChI=1S/C14H14N4O4S/c15-13(21)14-16-11(2-1-8-3-4-23-7-8)17-18(14)12-5-9(20)10(6-19)22-12/h3-4,7,9-10,12,19-20H,5-6H2,(H2,15,21)/t9?,10-,12-/m1/s1. The van der Waals surface area contributed by atoms with E-state index in [1.165, 1.54) is 16.0 Å². The second-order valence-corrected chi connectivity index (χ2v) is 5.72. The second kappa shape index (κ2) is 6.47. The number of aliphatic hydroxyl groups is 2. The summed E-state index contributed by atoms with van der Waals surface area (Å²) < 4.78 is 6.68. The van der Waals surface area contributed by atoms with E-state index in [1.54, 1.807) is 0 Å². The van der Waals surface area contributed by atoms with E-state index in [2.05, 4.69) is 21.9 Å². The summed E-state index contributed by atoms with van der Waals surface area (Å²) in [5.41, 5.74) is 6.13. The van der Waals surface area contributed by atoms with Crippen molar-refractivity contribution in [3.05, 3.63) is 34.0 Å². The van der Waals surface area contributed by atoms with Crippen molar-refractivity contribution in [2.75, 3.05) is 6.61 Å². The van der Waals surface area contributed by atoms with Crippen molar-refractivity contribution in [2.24, 2.45) is 5.73 Å². The third kappa shape index (κ3) is 3.25. The zero-order valence-corrected chi connectivity index (χ0v) is 12.7. The predicted molar refractivity (Wildman–Crippen MR) is 80.5 cm³/mol. The van der Waals surface area contributed by atoms with Crippen molar-refractivity contribution in [1.82, 2.24) is 14.8 Å². The molecule has 1 aliphatic rings. The fourth-order valence-electron chi connectivity index (χ4n) is 2.24. The minimum absolute atomic E-state index is 0.101. The Morgan fingerprint density at radius 3 is 3.00 bits per heavy atom. The highest BCUT2D eigenvalue weighted by atomic mass is 32.1. The summed E-state index contributed by atoms with van der Waals surface area (Å²) in [4.78, 5) is 15.6. The minimum atomic E-state index is -0.852. The Morgan fingerprint density at radius 2 is 2.39 bits per heavy atom. The molecule has 0 aliphatic carbocycles. The fraction of sp³-hybridized carbons (Fsp3) is 0.357. The van der Waals surface area contributed by atoms with E-state index in [9.17, 15) is 9.90 Å². The van der Waals surface area contributed by atoms with Gasteiger partial charge in [0.25, 0.3) is 5.91 Å². The molecule has 4 N–H and O–H groups in total. The van der Waals surface area contributed by atoms with Crippen LogP contribution in [0.1, 0.15) is 34.7 Å². The maximum atomic E-state index is 11.5. The van der Waals surface area contributed by atoms with E-state index in [1.807, 2.05) is 16.8 Å². The van der Waals surface area contributed by atoms with Crippen LogP contribution in [0.25, 0.3) is 0 Å². The molecule has 0 radical (unpaired) electrons. The molecule has 1 fully saturated rings. The third-order valence-corrected chi connectivity index (χ3v) is 4.03. The molecule has 0 bridgehead atoms. The highest BCUT2D eigenvalue weighted by Crippen LogP contribution is 2.28. The Kier molecular flexibility index (Phi) is 4.40. The fourth-order valence-corrected chi connectivity index (χ4v) is 2.83. The molecule has 0 saturated carbocycles. The molecule has 3 rings (SSSR count). The maximum absolute atomic E-state index is 11.5. The smallest absolute Gasteiger partial charge is 0.286 e. The predicted octanol–water partition coefficient (Wildman–Crippen LogP) is -0.521. The Bertz CT molecular complexity index is 762. The topological polar surface area (TPSA) is 123 Å². The molecule has 2 aromatic heterocycles. The van der Waals surface area contributed by atoms with Gasteiger partial charge in [-0.05, 0) is 17.4 Å². The van der Waals surface area contributed by atoms with Gasteiger partial charge in [-0.1, -0.05) is 5.92 Å². The first-order valence-corrected chi connectivity index (χ1v) is 7.77. The molecule has 2 aromatic rings. The number of ether oxygens (including phenoxy) is 1. The van der Waals surface area contributed by atoms with Gasteiger partial charge < -0.3 is 20.7 Å². The number of aliphatic hydroxyl groups excluding tert-OH is 2. The number of thiophene rings is 1. The van der Waals surface area contributed by atoms with E-state index >= 15 is 0 Å². The normalized spacial score (nSPS) is 23.5. The number of primary amides is 1. The first-order valence-electron chi connectivity index (χ1n) is 6.83. The number of nitrogens with two attached hydrogens (primary N) is 1. The van der Waals surface area contributed by atoms with Crippen LogP contribution in [0, 0.1) is 11.8 Å². The number of amides is 1. The summed E-state index contributed by atoms with van der Waals surface area (Å²) in [6.07, 6.45) is -2.14. The molecule has 8 nitrogen and oxygen atoms in total. The number of aromatic nitrogens is 3. The van der Waals surface area contributed by atoms with Crippen LogP contribution in [0.5, 0.6) is 0 Å². The lowest BCUT2D eigenvalue weighted by Gasteiger charge is -2.12. The number of rotatable bonds is 3. The third-order valence-electron chi connectivity index (χ3n) is 3.35. The molecule has 1 unspecified atom stereocenters. The van der Waals surface area contributed by atoms with Gasteiger partial charge in [-0.3, -0.25) is 4.79 Å². The van der Waals surface area contributed by atoms with E-state index in [0.29, 0.717) is 0 Å². The number of carbonyl (C=O) groups is 1. The molecule has 1 saturated heterocycles. The van der Waals surface area contributed by atoms with E-state index < -0.39 is 24.3 Å². The number of carbonyl (C=O) groups excluding carboxylic acids is 1. The number of hydrogen-bond acceptors (Lipinski definition) is 7. The summed E-state index contributed by atoms with van der Waals surface area (Å²) in [5.74, 6) is 4.90. The van der Waals surface area contributed by atoms with E-state index in [-0.39, 0.29) is 24.7 Å². The Morgan fingerprint density at radius 1 is 1.57 bits per heavy atom. The molecular formula is C14H14N4O4S. The average molecular weight is 334 g/mol. The van der Waals surface area contributed by atoms with Gasteiger partial charge in [0, 0.05) is 17.4 Å². The molecule has 0 spiro atoms. The molecule has 3 heterocycles. The van der Waals surface area contributed by atoms with Crippen LogP contribution in [0.4, 0.5) is 0 Å². The van der Waals surface area contributed by atoms with Crippen LogP contribution in [-0.2, 0) is 4.74 Å². The number of nitrogens with zero attached hydrogens (tertiary/aromatic N) is 3.